The van der Waals surface area contributed by atoms with Crippen LogP contribution >= 0.6 is 0 Å². The Morgan fingerprint density at radius 1 is 1.12 bits per heavy atom. The topological polar surface area (TPSA) is 81.7 Å². The summed E-state index contributed by atoms with van der Waals surface area (Å²) in [6.07, 6.45) is 0. The van der Waals surface area contributed by atoms with Gasteiger partial charge in [0.1, 0.15) is 5.75 Å². The molecule has 6 nitrogen and oxygen atoms in total. The molecule has 7 heteroatoms. The highest BCUT2D eigenvalue weighted by Crippen LogP contribution is 2.22. The molecule has 0 fully saturated rings. The highest BCUT2D eigenvalue weighted by molar-refractivity contribution is 7.89. The maximum Gasteiger partial charge on any atom is 0.343 e. The average molecular weight is 349 g/mol. The smallest absolute Gasteiger partial charge is 0.343 e. The van der Waals surface area contributed by atoms with Crippen molar-refractivity contribution < 1.29 is 22.7 Å². The Labute approximate surface area is 141 Å². The first-order chi connectivity index (χ1) is 11.4. The van der Waals surface area contributed by atoms with Crippen molar-refractivity contribution in [3.05, 3.63) is 59.7 Å². The second-order valence-electron chi connectivity index (χ2n) is 5.10. The lowest BCUT2D eigenvalue weighted by atomic mass is 10.2. The van der Waals surface area contributed by atoms with Gasteiger partial charge in [0, 0.05) is 6.54 Å². The molecule has 0 aliphatic heterocycles. The van der Waals surface area contributed by atoms with Crippen molar-refractivity contribution in [2.75, 3.05) is 13.7 Å². The first-order valence-corrected chi connectivity index (χ1v) is 8.74. The molecule has 0 unspecified atom stereocenters. The lowest BCUT2D eigenvalue weighted by Gasteiger charge is -2.11. The predicted molar refractivity (Wildman–Crippen MR) is 89.2 cm³/mol. The summed E-state index contributed by atoms with van der Waals surface area (Å²) < 4.78 is 37.1. The van der Waals surface area contributed by atoms with Crippen LogP contribution in [0, 0.1) is 6.92 Å². The molecular weight excluding hydrogens is 330 g/mol. The van der Waals surface area contributed by atoms with Crippen molar-refractivity contribution in [2.24, 2.45) is 0 Å². The van der Waals surface area contributed by atoms with Gasteiger partial charge in [-0.25, -0.2) is 17.9 Å². The second kappa shape index (κ2) is 7.94. The molecule has 2 aromatic rings. The second-order valence-corrected chi connectivity index (χ2v) is 6.87. The molecule has 1 N–H and O–H groups in total. The Bertz CT molecular complexity index is 803. The van der Waals surface area contributed by atoms with Gasteiger partial charge in [-0.15, -0.1) is 0 Å². The van der Waals surface area contributed by atoms with Crippen LogP contribution in [0.15, 0.2) is 53.4 Å². The molecule has 0 heterocycles. The number of carbonyl (C=O) groups is 1. The van der Waals surface area contributed by atoms with Gasteiger partial charge in [0.15, 0.2) is 6.61 Å². The number of rotatable bonds is 7. The Morgan fingerprint density at radius 2 is 1.83 bits per heavy atom. The molecule has 0 radical (unpaired) electrons. The molecule has 0 bridgehead atoms. The van der Waals surface area contributed by atoms with Crippen molar-refractivity contribution in [3.8, 4) is 5.75 Å². The summed E-state index contributed by atoms with van der Waals surface area (Å²) in [5.41, 5.74) is 1.48. The Hall–Kier alpha value is -2.38. The fraction of sp³-hybridized carbons (Fsp3) is 0.235. The van der Waals surface area contributed by atoms with Crippen LogP contribution < -0.4 is 9.46 Å². The summed E-state index contributed by atoms with van der Waals surface area (Å²) in [5.74, 6) is -0.0713. The molecule has 0 aliphatic carbocycles. The standard InChI is InChI=1S/C17H19NO5S/c1-13-10-15(8-9-16(13)23-12-17(19)22-2)24(20,21)18-11-14-6-4-3-5-7-14/h3-10,18H,11-12H2,1-2H3. The zero-order chi connectivity index (χ0) is 17.6. The van der Waals surface area contributed by atoms with E-state index in [-0.39, 0.29) is 18.0 Å². The average Bonchev–Trinajstić information content (AvgIpc) is 2.59. The number of aryl methyl sites for hydroxylation is 1. The van der Waals surface area contributed by atoms with Crippen molar-refractivity contribution in [1.82, 2.24) is 4.72 Å². The monoisotopic (exact) mass is 349 g/mol. The van der Waals surface area contributed by atoms with E-state index < -0.39 is 16.0 Å². The minimum absolute atomic E-state index is 0.140. The van der Waals surface area contributed by atoms with E-state index in [1.807, 2.05) is 30.3 Å². The van der Waals surface area contributed by atoms with E-state index in [1.54, 1.807) is 6.92 Å². The lowest BCUT2D eigenvalue weighted by molar-refractivity contribution is -0.142. The summed E-state index contributed by atoms with van der Waals surface area (Å²) in [5, 5.41) is 0. The third-order valence-electron chi connectivity index (χ3n) is 3.34. The zero-order valence-electron chi connectivity index (χ0n) is 13.5. The lowest BCUT2D eigenvalue weighted by Crippen LogP contribution is -2.23. The molecule has 0 saturated carbocycles. The van der Waals surface area contributed by atoms with Gasteiger partial charge in [0.2, 0.25) is 10.0 Å². The van der Waals surface area contributed by atoms with Gasteiger partial charge in [0.05, 0.1) is 12.0 Å². The van der Waals surface area contributed by atoms with Crippen LogP contribution in [0.5, 0.6) is 5.75 Å². The Kier molecular flexibility index (Phi) is 5.94. The minimum atomic E-state index is -3.63. The fourth-order valence-electron chi connectivity index (χ4n) is 2.00. The zero-order valence-corrected chi connectivity index (χ0v) is 14.3. The normalized spacial score (nSPS) is 11.1. The molecule has 2 aromatic carbocycles. The molecule has 0 aliphatic rings. The molecule has 2 rings (SSSR count). The number of ether oxygens (including phenoxy) is 2. The summed E-state index contributed by atoms with van der Waals surface area (Å²) >= 11 is 0. The molecule has 128 valence electrons. The third-order valence-corrected chi connectivity index (χ3v) is 4.74. The van der Waals surface area contributed by atoms with E-state index in [4.69, 9.17) is 4.74 Å². The molecule has 0 amide bonds. The van der Waals surface area contributed by atoms with Crippen molar-refractivity contribution in [1.29, 1.82) is 0 Å². The van der Waals surface area contributed by atoms with Gasteiger partial charge < -0.3 is 9.47 Å². The molecule has 0 aromatic heterocycles. The Balaban J connectivity index is 2.07. The molecule has 0 saturated heterocycles. The summed E-state index contributed by atoms with van der Waals surface area (Å²) in [6.45, 7) is 1.70. The number of carbonyl (C=O) groups excluding carboxylic acids is 1. The first kappa shape index (κ1) is 18.0. The van der Waals surface area contributed by atoms with Crippen LogP contribution in [-0.2, 0) is 26.1 Å². The number of nitrogens with one attached hydrogen (secondary N) is 1. The summed E-state index contributed by atoms with van der Waals surface area (Å²) in [6, 6.07) is 13.7. The van der Waals surface area contributed by atoms with Crippen molar-refractivity contribution in [2.45, 2.75) is 18.4 Å². The summed E-state index contributed by atoms with van der Waals surface area (Å²) in [7, 11) is -2.36. The van der Waals surface area contributed by atoms with Gasteiger partial charge in [-0.2, -0.15) is 0 Å². The maximum absolute atomic E-state index is 12.4. The summed E-state index contributed by atoms with van der Waals surface area (Å²) in [4.78, 5) is 11.2. The maximum atomic E-state index is 12.4. The van der Waals surface area contributed by atoms with E-state index in [0.717, 1.165) is 5.56 Å². The Morgan fingerprint density at radius 3 is 2.46 bits per heavy atom. The number of hydrogen-bond donors (Lipinski definition) is 1. The van der Waals surface area contributed by atoms with Gasteiger partial charge in [0.25, 0.3) is 0 Å². The fourth-order valence-corrected chi connectivity index (χ4v) is 3.11. The van der Waals surface area contributed by atoms with Crippen LogP contribution in [0.4, 0.5) is 0 Å². The molecule has 24 heavy (non-hydrogen) atoms. The van der Waals surface area contributed by atoms with Crippen LogP contribution in [0.1, 0.15) is 11.1 Å². The quantitative estimate of drug-likeness (QED) is 0.774. The largest absolute Gasteiger partial charge is 0.482 e. The van der Waals surface area contributed by atoms with Gasteiger partial charge in [-0.05, 0) is 36.2 Å². The molecule has 0 atom stereocenters. The highest BCUT2D eigenvalue weighted by Gasteiger charge is 2.15. The van der Waals surface area contributed by atoms with Crippen LogP contribution in [-0.4, -0.2) is 28.1 Å². The van der Waals surface area contributed by atoms with E-state index in [2.05, 4.69) is 9.46 Å². The number of sulfonamides is 1. The van der Waals surface area contributed by atoms with Gasteiger partial charge in [-0.1, -0.05) is 30.3 Å². The molecule has 0 spiro atoms. The van der Waals surface area contributed by atoms with E-state index in [1.165, 1.54) is 25.3 Å². The first-order valence-electron chi connectivity index (χ1n) is 7.26. The van der Waals surface area contributed by atoms with E-state index >= 15 is 0 Å². The van der Waals surface area contributed by atoms with Gasteiger partial charge in [-0.3, -0.25) is 0 Å². The van der Waals surface area contributed by atoms with E-state index in [9.17, 15) is 13.2 Å². The van der Waals surface area contributed by atoms with Gasteiger partial charge >= 0.3 is 5.97 Å². The number of esters is 1. The van der Waals surface area contributed by atoms with E-state index in [0.29, 0.717) is 11.3 Å². The SMILES string of the molecule is COC(=O)COc1ccc(S(=O)(=O)NCc2ccccc2)cc1C. The van der Waals surface area contributed by atoms with Crippen molar-refractivity contribution >= 4 is 16.0 Å². The van der Waals surface area contributed by atoms with Crippen molar-refractivity contribution in [3.63, 3.8) is 0 Å². The van der Waals surface area contributed by atoms with Crippen LogP contribution in [0.25, 0.3) is 0 Å². The predicted octanol–water partition coefficient (Wildman–Crippen LogP) is 2.03. The van der Waals surface area contributed by atoms with Crippen LogP contribution in [0.2, 0.25) is 0 Å². The number of benzene rings is 2. The number of hydrogen-bond acceptors (Lipinski definition) is 5. The molecular formula is C17H19NO5S. The minimum Gasteiger partial charge on any atom is -0.482 e. The third kappa shape index (κ3) is 4.81. The van der Waals surface area contributed by atoms with Crippen LogP contribution in [0.3, 0.4) is 0 Å². The number of methoxy groups -OCH3 is 1. The highest BCUT2D eigenvalue weighted by atomic mass is 32.2.